The molecule has 0 bridgehead atoms. The number of hydrogen-bond donors (Lipinski definition) is 0. The van der Waals surface area contributed by atoms with Crippen molar-refractivity contribution >= 4 is 17.7 Å². The van der Waals surface area contributed by atoms with Gasteiger partial charge in [0.15, 0.2) is 0 Å². The molecule has 0 N–H and O–H groups in total. The third-order valence-electron chi connectivity index (χ3n) is 7.94. The minimum absolute atomic E-state index is 0.00291. The first-order chi connectivity index (χ1) is 14.7. The molecular formula is C25H43N3O3. The predicted octanol–water partition coefficient (Wildman–Crippen LogP) is 3.55. The Bertz CT molecular complexity index is 604. The van der Waals surface area contributed by atoms with Crippen molar-refractivity contribution in [1.82, 2.24) is 14.7 Å². The number of carbonyl (C=O) groups is 3. The Morgan fingerprint density at radius 1 is 0.613 bits per heavy atom. The van der Waals surface area contributed by atoms with E-state index in [0.29, 0.717) is 17.8 Å². The molecule has 3 amide bonds. The van der Waals surface area contributed by atoms with Gasteiger partial charge in [-0.2, -0.15) is 0 Å². The van der Waals surface area contributed by atoms with Crippen LogP contribution in [0.15, 0.2) is 0 Å². The van der Waals surface area contributed by atoms with E-state index in [4.69, 9.17) is 0 Å². The summed E-state index contributed by atoms with van der Waals surface area (Å²) in [7, 11) is 0. The van der Waals surface area contributed by atoms with Gasteiger partial charge in [0.25, 0.3) is 0 Å². The van der Waals surface area contributed by atoms with Crippen LogP contribution in [0.4, 0.5) is 0 Å². The van der Waals surface area contributed by atoms with Gasteiger partial charge in [0, 0.05) is 52.1 Å². The Kier molecular flexibility index (Phi) is 8.03. The summed E-state index contributed by atoms with van der Waals surface area (Å²) in [6.07, 6.45) is 6.35. The molecule has 0 saturated carbocycles. The fourth-order valence-electron chi connectivity index (χ4n) is 5.21. The minimum Gasteiger partial charge on any atom is -0.343 e. The highest BCUT2D eigenvalue weighted by molar-refractivity contribution is 5.93. The zero-order valence-electron chi connectivity index (χ0n) is 20.2. The Labute approximate surface area is 188 Å². The SMILES string of the molecule is CC1CCN(C(=O)CC(C)(CC(=O)N2CCC(C)CC2)C(=O)N2CCC(C)CC2)CC1. The van der Waals surface area contributed by atoms with E-state index in [9.17, 15) is 14.4 Å². The van der Waals surface area contributed by atoms with Crippen molar-refractivity contribution in [3.8, 4) is 0 Å². The van der Waals surface area contributed by atoms with Crippen molar-refractivity contribution in [2.45, 2.75) is 79.1 Å². The molecule has 6 heteroatoms. The molecule has 0 atom stereocenters. The smallest absolute Gasteiger partial charge is 0.229 e. The van der Waals surface area contributed by atoms with Gasteiger partial charge < -0.3 is 14.7 Å². The molecule has 0 aliphatic carbocycles. The van der Waals surface area contributed by atoms with E-state index in [-0.39, 0.29) is 30.6 Å². The number of likely N-dealkylation sites (tertiary alicyclic amines) is 3. The summed E-state index contributed by atoms with van der Waals surface area (Å²) < 4.78 is 0. The molecule has 0 unspecified atom stereocenters. The van der Waals surface area contributed by atoms with E-state index in [0.717, 1.165) is 77.8 Å². The molecule has 3 fully saturated rings. The van der Waals surface area contributed by atoms with Crippen LogP contribution in [0, 0.1) is 23.2 Å². The molecule has 3 aliphatic rings. The zero-order valence-corrected chi connectivity index (χ0v) is 20.2. The van der Waals surface area contributed by atoms with Gasteiger partial charge in [-0.15, -0.1) is 0 Å². The fourth-order valence-corrected chi connectivity index (χ4v) is 5.21. The standard InChI is InChI=1S/C25H43N3O3/c1-19-5-11-26(12-6-19)22(29)17-25(4,24(31)28-15-9-21(3)10-16-28)18-23(30)27-13-7-20(2)8-14-27/h19-21H,5-18H2,1-4H3. The second-order valence-corrected chi connectivity index (χ2v) is 11.0. The van der Waals surface area contributed by atoms with Crippen molar-refractivity contribution in [3.63, 3.8) is 0 Å². The first-order valence-electron chi connectivity index (χ1n) is 12.5. The van der Waals surface area contributed by atoms with Crippen LogP contribution < -0.4 is 0 Å². The first kappa shape index (κ1) is 24.1. The van der Waals surface area contributed by atoms with Crippen LogP contribution in [0.3, 0.4) is 0 Å². The summed E-state index contributed by atoms with van der Waals surface area (Å²) in [5.41, 5.74) is -0.957. The summed E-state index contributed by atoms with van der Waals surface area (Å²) >= 11 is 0. The van der Waals surface area contributed by atoms with E-state index >= 15 is 0 Å². The minimum atomic E-state index is -0.957. The van der Waals surface area contributed by atoms with E-state index < -0.39 is 5.41 Å². The quantitative estimate of drug-likeness (QED) is 0.666. The summed E-state index contributed by atoms with van der Waals surface area (Å²) in [6, 6.07) is 0. The summed E-state index contributed by atoms with van der Waals surface area (Å²) in [4.78, 5) is 45.8. The van der Waals surface area contributed by atoms with Gasteiger partial charge in [-0.3, -0.25) is 14.4 Å². The van der Waals surface area contributed by atoms with Gasteiger partial charge >= 0.3 is 0 Å². The maximum atomic E-state index is 13.7. The zero-order chi connectivity index (χ0) is 22.6. The molecule has 6 nitrogen and oxygen atoms in total. The van der Waals surface area contributed by atoms with Crippen LogP contribution in [0.1, 0.15) is 79.1 Å². The van der Waals surface area contributed by atoms with E-state index in [2.05, 4.69) is 20.8 Å². The molecule has 176 valence electrons. The highest BCUT2D eigenvalue weighted by Crippen LogP contribution is 2.34. The summed E-state index contributed by atoms with van der Waals surface area (Å²) in [6.45, 7) is 13.1. The van der Waals surface area contributed by atoms with Crippen LogP contribution >= 0.6 is 0 Å². The lowest BCUT2D eigenvalue weighted by Gasteiger charge is -2.40. The van der Waals surface area contributed by atoms with Gasteiger partial charge in [0.2, 0.25) is 17.7 Å². The molecule has 0 radical (unpaired) electrons. The van der Waals surface area contributed by atoms with Crippen LogP contribution in [0.5, 0.6) is 0 Å². The van der Waals surface area contributed by atoms with E-state index in [1.54, 1.807) is 0 Å². The number of piperidine rings is 3. The second-order valence-electron chi connectivity index (χ2n) is 11.0. The third kappa shape index (κ3) is 6.23. The third-order valence-corrected chi connectivity index (χ3v) is 7.94. The van der Waals surface area contributed by atoms with Crippen LogP contribution in [0.2, 0.25) is 0 Å². The van der Waals surface area contributed by atoms with Crippen molar-refractivity contribution in [1.29, 1.82) is 0 Å². The van der Waals surface area contributed by atoms with E-state index in [1.165, 1.54) is 0 Å². The number of nitrogens with zero attached hydrogens (tertiary/aromatic N) is 3. The summed E-state index contributed by atoms with van der Waals surface area (Å²) in [5, 5.41) is 0. The molecule has 0 spiro atoms. The molecule has 3 saturated heterocycles. The average Bonchev–Trinajstić information content (AvgIpc) is 2.74. The van der Waals surface area contributed by atoms with Crippen molar-refractivity contribution in [2.75, 3.05) is 39.3 Å². The molecular weight excluding hydrogens is 390 g/mol. The average molecular weight is 434 g/mol. The van der Waals surface area contributed by atoms with E-state index in [1.807, 2.05) is 21.6 Å². The molecule has 3 aliphatic heterocycles. The normalized spacial score (nSPS) is 22.6. The second kappa shape index (κ2) is 10.4. The highest BCUT2D eigenvalue weighted by atomic mass is 16.2. The maximum Gasteiger partial charge on any atom is 0.229 e. The number of hydrogen-bond acceptors (Lipinski definition) is 3. The van der Waals surface area contributed by atoms with Gasteiger partial charge in [0.1, 0.15) is 0 Å². The number of carbonyl (C=O) groups excluding carboxylic acids is 3. The van der Waals surface area contributed by atoms with Crippen LogP contribution in [0.25, 0.3) is 0 Å². The lowest BCUT2D eigenvalue weighted by Crippen LogP contribution is -2.51. The molecule has 31 heavy (non-hydrogen) atoms. The Morgan fingerprint density at radius 2 is 0.903 bits per heavy atom. The maximum absolute atomic E-state index is 13.7. The summed E-state index contributed by atoms with van der Waals surface area (Å²) in [5.74, 6) is 1.99. The van der Waals surface area contributed by atoms with Crippen LogP contribution in [-0.2, 0) is 14.4 Å². The highest BCUT2D eigenvalue weighted by Gasteiger charge is 2.43. The largest absolute Gasteiger partial charge is 0.343 e. The van der Waals surface area contributed by atoms with Crippen molar-refractivity contribution in [2.24, 2.45) is 23.2 Å². The van der Waals surface area contributed by atoms with Gasteiger partial charge in [0.05, 0.1) is 5.41 Å². The molecule has 0 aromatic rings. The monoisotopic (exact) mass is 433 g/mol. The Morgan fingerprint density at radius 3 is 1.23 bits per heavy atom. The number of rotatable bonds is 5. The number of amides is 3. The van der Waals surface area contributed by atoms with Gasteiger partial charge in [-0.25, -0.2) is 0 Å². The first-order valence-corrected chi connectivity index (χ1v) is 12.5. The van der Waals surface area contributed by atoms with Gasteiger partial charge in [-0.1, -0.05) is 20.8 Å². The van der Waals surface area contributed by atoms with Crippen molar-refractivity contribution in [3.05, 3.63) is 0 Å². The Hall–Kier alpha value is -1.59. The van der Waals surface area contributed by atoms with Crippen molar-refractivity contribution < 1.29 is 14.4 Å². The lowest BCUT2D eigenvalue weighted by molar-refractivity contribution is -0.153. The predicted molar refractivity (Wildman–Crippen MR) is 122 cm³/mol. The molecule has 3 rings (SSSR count). The van der Waals surface area contributed by atoms with Gasteiger partial charge in [-0.05, 0) is 63.2 Å². The fraction of sp³-hybridized carbons (Fsp3) is 0.880. The Balaban J connectivity index is 1.71. The molecule has 0 aromatic heterocycles. The molecule has 0 aromatic carbocycles. The molecule has 3 heterocycles. The van der Waals surface area contributed by atoms with Crippen LogP contribution in [-0.4, -0.2) is 71.7 Å². The lowest BCUT2D eigenvalue weighted by atomic mass is 9.79. The topological polar surface area (TPSA) is 60.9 Å².